The lowest BCUT2D eigenvalue weighted by Crippen LogP contribution is -2.40. The average Bonchev–Trinajstić information content (AvgIpc) is 3.52. The Morgan fingerprint density at radius 1 is 0.947 bits per heavy atom. The number of ether oxygens (including phenoxy) is 2. The number of carbonyl (C=O) groups is 2. The minimum atomic E-state index is 0.0990. The van der Waals surface area contributed by atoms with E-state index in [-0.39, 0.29) is 24.0 Å². The van der Waals surface area contributed by atoms with Crippen LogP contribution in [0.4, 0.5) is 11.4 Å². The van der Waals surface area contributed by atoms with E-state index in [1.165, 1.54) is 6.42 Å². The molecule has 0 spiro atoms. The third kappa shape index (κ3) is 4.18. The molecule has 1 aliphatic carbocycles. The van der Waals surface area contributed by atoms with E-state index in [1.807, 2.05) is 52.4 Å². The third-order valence-electron chi connectivity index (χ3n) is 8.10. The molecule has 3 aromatic rings. The van der Waals surface area contributed by atoms with Crippen LogP contribution in [0.15, 0.2) is 48.8 Å². The highest BCUT2D eigenvalue weighted by Gasteiger charge is 2.38. The second-order valence-electron chi connectivity index (χ2n) is 10.7. The summed E-state index contributed by atoms with van der Waals surface area (Å²) in [6.07, 6.45) is 10.7. The molecular formula is C30H30N4O4. The van der Waals surface area contributed by atoms with Crippen molar-refractivity contribution in [1.82, 2.24) is 9.97 Å². The summed E-state index contributed by atoms with van der Waals surface area (Å²) in [5.41, 5.74) is 5.51. The van der Waals surface area contributed by atoms with Crippen molar-refractivity contribution >= 4 is 23.2 Å². The topological polar surface area (TPSA) is 84.9 Å². The van der Waals surface area contributed by atoms with Crippen molar-refractivity contribution in [3.63, 3.8) is 0 Å². The van der Waals surface area contributed by atoms with E-state index in [4.69, 9.17) is 14.5 Å². The van der Waals surface area contributed by atoms with Gasteiger partial charge in [-0.25, -0.2) is 4.98 Å². The molecule has 8 heteroatoms. The van der Waals surface area contributed by atoms with Crippen molar-refractivity contribution in [3.8, 4) is 22.8 Å². The van der Waals surface area contributed by atoms with Gasteiger partial charge in [0.05, 0.1) is 12.1 Å². The molecule has 0 unspecified atom stereocenters. The van der Waals surface area contributed by atoms with Gasteiger partial charge < -0.3 is 19.3 Å². The van der Waals surface area contributed by atoms with E-state index in [0.717, 1.165) is 71.7 Å². The fourth-order valence-corrected chi connectivity index (χ4v) is 5.78. The highest BCUT2D eigenvalue weighted by Crippen LogP contribution is 2.39. The van der Waals surface area contributed by atoms with E-state index in [9.17, 15) is 9.59 Å². The third-order valence-corrected chi connectivity index (χ3v) is 8.10. The van der Waals surface area contributed by atoms with Crippen molar-refractivity contribution in [3.05, 3.63) is 60.0 Å². The molecule has 0 radical (unpaired) electrons. The molecule has 38 heavy (non-hydrogen) atoms. The molecule has 2 saturated heterocycles. The number of aromatic nitrogens is 2. The van der Waals surface area contributed by atoms with E-state index < -0.39 is 0 Å². The minimum absolute atomic E-state index is 0.0990. The molecule has 1 aromatic carbocycles. The summed E-state index contributed by atoms with van der Waals surface area (Å²) < 4.78 is 12.3. The van der Waals surface area contributed by atoms with Crippen LogP contribution in [0.5, 0.6) is 11.6 Å². The van der Waals surface area contributed by atoms with E-state index >= 15 is 0 Å². The summed E-state index contributed by atoms with van der Waals surface area (Å²) in [6.45, 7) is 1.28. The first-order valence-electron chi connectivity index (χ1n) is 13.6. The lowest BCUT2D eigenvalue weighted by atomic mass is 9.96. The molecule has 194 valence electrons. The maximum absolute atomic E-state index is 12.5. The first kappa shape index (κ1) is 23.2. The fourth-order valence-electron chi connectivity index (χ4n) is 5.78. The summed E-state index contributed by atoms with van der Waals surface area (Å²) >= 11 is 0. The van der Waals surface area contributed by atoms with Crippen LogP contribution in [0.3, 0.4) is 0 Å². The van der Waals surface area contributed by atoms with Gasteiger partial charge >= 0.3 is 0 Å². The standard InChI is InChI=1S/C30H30N4O4/c35-28-5-2-12-33(28)22-8-6-20(7-9-22)25-17-31-21(15-27(25)38-24-3-1-4-24)13-19-14-26-30(32-16-19)37-18-23-10-11-29(36)34(23)26/h6-9,14-17,23-24H,1-5,10-13,18H2/t23-/m0/s1. The number of fused-ring (bicyclic) bond motifs is 3. The Kier molecular flexibility index (Phi) is 5.75. The molecule has 2 aromatic heterocycles. The van der Waals surface area contributed by atoms with Crippen molar-refractivity contribution in [2.45, 2.75) is 63.5 Å². The SMILES string of the molecule is O=C1CCCN1c1ccc(-c2cnc(Cc3cnc4c(c3)N3C(=O)CC[C@H]3CO4)cc2OC2CCC2)cc1. The molecule has 0 bridgehead atoms. The molecule has 5 heterocycles. The molecular weight excluding hydrogens is 480 g/mol. The van der Waals surface area contributed by atoms with Crippen molar-refractivity contribution in [2.75, 3.05) is 23.0 Å². The van der Waals surface area contributed by atoms with Gasteiger partial charge in [-0.3, -0.25) is 14.6 Å². The summed E-state index contributed by atoms with van der Waals surface area (Å²) in [7, 11) is 0. The van der Waals surface area contributed by atoms with Crippen LogP contribution in [-0.4, -0.2) is 47.1 Å². The van der Waals surface area contributed by atoms with Gasteiger partial charge in [-0.15, -0.1) is 0 Å². The van der Waals surface area contributed by atoms with Crippen LogP contribution in [0.1, 0.15) is 56.2 Å². The average molecular weight is 511 g/mol. The monoisotopic (exact) mass is 510 g/mol. The zero-order chi connectivity index (χ0) is 25.6. The molecule has 8 nitrogen and oxygen atoms in total. The Morgan fingerprint density at radius 3 is 2.58 bits per heavy atom. The Balaban J connectivity index is 1.17. The molecule has 1 atom stereocenters. The quantitative estimate of drug-likeness (QED) is 0.479. The Labute approximate surface area is 221 Å². The Hall–Kier alpha value is -3.94. The van der Waals surface area contributed by atoms with Crippen LogP contribution in [0.2, 0.25) is 0 Å². The van der Waals surface area contributed by atoms with Crippen LogP contribution in [0, 0.1) is 0 Å². The van der Waals surface area contributed by atoms with E-state index in [0.29, 0.717) is 31.7 Å². The number of anilines is 2. The van der Waals surface area contributed by atoms with Crippen LogP contribution < -0.4 is 19.3 Å². The molecule has 3 fully saturated rings. The summed E-state index contributed by atoms with van der Waals surface area (Å²) in [5.74, 6) is 1.67. The van der Waals surface area contributed by atoms with Gasteiger partial charge in [0.25, 0.3) is 0 Å². The minimum Gasteiger partial charge on any atom is -0.490 e. The van der Waals surface area contributed by atoms with Gasteiger partial charge in [-0.2, -0.15) is 0 Å². The molecule has 7 rings (SSSR count). The zero-order valence-electron chi connectivity index (χ0n) is 21.3. The number of amides is 2. The van der Waals surface area contributed by atoms with Crippen molar-refractivity contribution in [1.29, 1.82) is 0 Å². The number of nitrogens with zero attached hydrogens (tertiary/aromatic N) is 4. The number of rotatable bonds is 6. The maximum atomic E-state index is 12.5. The fraction of sp³-hybridized carbons (Fsp3) is 0.400. The summed E-state index contributed by atoms with van der Waals surface area (Å²) in [4.78, 5) is 37.7. The van der Waals surface area contributed by atoms with Crippen LogP contribution in [0.25, 0.3) is 11.1 Å². The predicted molar refractivity (Wildman–Crippen MR) is 143 cm³/mol. The smallest absolute Gasteiger partial charge is 0.238 e. The summed E-state index contributed by atoms with van der Waals surface area (Å²) in [5, 5.41) is 0. The molecule has 3 aliphatic heterocycles. The van der Waals surface area contributed by atoms with Gasteiger partial charge in [0.2, 0.25) is 17.7 Å². The molecule has 1 saturated carbocycles. The molecule has 0 N–H and O–H groups in total. The number of hydrogen-bond acceptors (Lipinski definition) is 6. The van der Waals surface area contributed by atoms with Gasteiger partial charge in [0, 0.05) is 61.2 Å². The second-order valence-corrected chi connectivity index (χ2v) is 10.7. The van der Waals surface area contributed by atoms with Crippen molar-refractivity contribution < 1.29 is 19.1 Å². The number of carbonyl (C=O) groups excluding carboxylic acids is 2. The van der Waals surface area contributed by atoms with Gasteiger partial charge in [-0.1, -0.05) is 12.1 Å². The highest BCUT2D eigenvalue weighted by atomic mass is 16.5. The Morgan fingerprint density at radius 2 is 1.82 bits per heavy atom. The second kappa shape index (κ2) is 9.42. The maximum Gasteiger partial charge on any atom is 0.238 e. The van der Waals surface area contributed by atoms with E-state index in [1.54, 1.807) is 6.20 Å². The van der Waals surface area contributed by atoms with Gasteiger partial charge in [0.1, 0.15) is 18.0 Å². The van der Waals surface area contributed by atoms with Gasteiger partial charge in [-0.05, 0) is 61.4 Å². The lowest BCUT2D eigenvalue weighted by molar-refractivity contribution is -0.118. The molecule has 2 amide bonds. The largest absolute Gasteiger partial charge is 0.490 e. The number of pyridine rings is 2. The Bertz CT molecular complexity index is 1400. The zero-order valence-corrected chi connectivity index (χ0v) is 21.3. The predicted octanol–water partition coefficient (Wildman–Crippen LogP) is 4.68. The van der Waals surface area contributed by atoms with E-state index in [2.05, 4.69) is 4.98 Å². The van der Waals surface area contributed by atoms with Crippen LogP contribution >= 0.6 is 0 Å². The first-order valence-corrected chi connectivity index (χ1v) is 13.6. The number of hydrogen-bond donors (Lipinski definition) is 0. The molecule has 4 aliphatic rings. The highest BCUT2D eigenvalue weighted by molar-refractivity contribution is 5.98. The lowest BCUT2D eigenvalue weighted by Gasteiger charge is -2.31. The van der Waals surface area contributed by atoms with Crippen molar-refractivity contribution in [2.24, 2.45) is 0 Å². The van der Waals surface area contributed by atoms with Crippen LogP contribution in [-0.2, 0) is 16.0 Å². The number of benzene rings is 1. The summed E-state index contributed by atoms with van der Waals surface area (Å²) in [6, 6.07) is 12.2. The van der Waals surface area contributed by atoms with Gasteiger partial charge in [0.15, 0.2) is 0 Å². The first-order chi connectivity index (χ1) is 18.6. The normalized spacial score (nSPS) is 20.7.